The number of amides is 2. The van der Waals surface area contributed by atoms with E-state index in [2.05, 4.69) is 15.6 Å². The first-order valence-electron chi connectivity index (χ1n) is 6.89. The van der Waals surface area contributed by atoms with Gasteiger partial charge in [-0.3, -0.25) is 0 Å². The summed E-state index contributed by atoms with van der Waals surface area (Å²) in [7, 11) is 0. The first-order chi connectivity index (χ1) is 9.33. The van der Waals surface area contributed by atoms with E-state index < -0.39 is 0 Å². The third kappa shape index (κ3) is 4.01. The lowest BCUT2D eigenvalue weighted by molar-refractivity contribution is 0.199. The number of nitrogens with zero attached hydrogens (tertiary/aromatic N) is 2. The van der Waals surface area contributed by atoms with E-state index in [1.165, 1.54) is 0 Å². The van der Waals surface area contributed by atoms with Gasteiger partial charge >= 0.3 is 6.03 Å². The van der Waals surface area contributed by atoms with Crippen LogP contribution in [0.5, 0.6) is 0 Å². The Morgan fingerprint density at radius 2 is 2.20 bits per heavy atom. The van der Waals surface area contributed by atoms with Crippen molar-refractivity contribution in [3.63, 3.8) is 0 Å². The van der Waals surface area contributed by atoms with Gasteiger partial charge in [-0.25, -0.2) is 9.78 Å². The quantitative estimate of drug-likeness (QED) is 0.767. The second kappa shape index (κ2) is 5.56. The molecule has 1 saturated heterocycles. The zero-order valence-corrected chi connectivity index (χ0v) is 12.3. The summed E-state index contributed by atoms with van der Waals surface area (Å²) in [4.78, 5) is 18.1. The van der Waals surface area contributed by atoms with Crippen LogP contribution < -0.4 is 16.4 Å². The van der Waals surface area contributed by atoms with E-state index in [0.29, 0.717) is 12.2 Å². The van der Waals surface area contributed by atoms with E-state index in [-0.39, 0.29) is 17.6 Å². The van der Waals surface area contributed by atoms with Crippen LogP contribution in [0.25, 0.3) is 0 Å². The van der Waals surface area contributed by atoms with Crippen molar-refractivity contribution in [2.45, 2.75) is 38.8 Å². The Bertz CT molecular complexity index is 465. The number of pyridine rings is 1. The highest BCUT2D eigenvalue weighted by Crippen LogP contribution is 2.15. The first-order valence-corrected chi connectivity index (χ1v) is 6.89. The maximum absolute atomic E-state index is 12.1. The second-order valence-electron chi connectivity index (χ2n) is 6.23. The van der Waals surface area contributed by atoms with Gasteiger partial charge in [0.25, 0.3) is 0 Å². The van der Waals surface area contributed by atoms with Gasteiger partial charge in [-0.05, 0) is 39.3 Å². The van der Waals surface area contributed by atoms with Crippen molar-refractivity contribution in [3.8, 4) is 0 Å². The first kappa shape index (κ1) is 14.4. The number of aromatic nitrogens is 1. The number of hydrogen-bond acceptors (Lipinski definition) is 4. The van der Waals surface area contributed by atoms with Crippen LogP contribution in [0.1, 0.15) is 27.2 Å². The Morgan fingerprint density at radius 1 is 1.45 bits per heavy atom. The SMILES string of the molecule is CC(C)(C)NC(=O)N1CC[C@H](Nc2ccc(N)cn2)C1. The molecular weight excluding hydrogens is 254 g/mol. The van der Waals surface area contributed by atoms with Crippen LogP contribution in [0, 0.1) is 0 Å². The topological polar surface area (TPSA) is 83.3 Å². The zero-order chi connectivity index (χ0) is 14.8. The van der Waals surface area contributed by atoms with Crippen molar-refractivity contribution >= 4 is 17.5 Å². The van der Waals surface area contributed by atoms with E-state index in [1.54, 1.807) is 6.20 Å². The summed E-state index contributed by atoms with van der Waals surface area (Å²) in [5, 5.41) is 6.31. The number of hydrogen-bond donors (Lipinski definition) is 3. The minimum Gasteiger partial charge on any atom is -0.397 e. The normalized spacial score (nSPS) is 18.9. The number of rotatable bonds is 2. The fraction of sp³-hybridized carbons (Fsp3) is 0.571. The molecule has 110 valence electrons. The summed E-state index contributed by atoms with van der Waals surface area (Å²) in [6.07, 6.45) is 2.55. The molecule has 0 bridgehead atoms. The highest BCUT2D eigenvalue weighted by molar-refractivity contribution is 5.75. The third-order valence-corrected chi connectivity index (χ3v) is 3.10. The third-order valence-electron chi connectivity index (χ3n) is 3.10. The Labute approximate surface area is 119 Å². The molecule has 0 spiro atoms. The predicted molar refractivity (Wildman–Crippen MR) is 80.5 cm³/mol. The molecule has 0 saturated carbocycles. The van der Waals surface area contributed by atoms with Gasteiger partial charge in [0.2, 0.25) is 0 Å². The smallest absolute Gasteiger partial charge is 0.317 e. The molecule has 0 unspecified atom stereocenters. The number of likely N-dealkylation sites (tertiary alicyclic amines) is 1. The van der Waals surface area contributed by atoms with E-state index in [9.17, 15) is 4.79 Å². The van der Waals surface area contributed by atoms with Gasteiger partial charge in [0.05, 0.1) is 11.9 Å². The Balaban J connectivity index is 1.86. The van der Waals surface area contributed by atoms with Crippen molar-refractivity contribution in [2.75, 3.05) is 24.1 Å². The molecule has 4 N–H and O–H groups in total. The largest absolute Gasteiger partial charge is 0.397 e. The van der Waals surface area contributed by atoms with E-state index >= 15 is 0 Å². The molecule has 0 radical (unpaired) electrons. The van der Waals surface area contributed by atoms with Crippen LogP contribution in [0.2, 0.25) is 0 Å². The fourth-order valence-corrected chi connectivity index (χ4v) is 2.16. The molecule has 0 aliphatic carbocycles. The molecule has 1 aliphatic rings. The highest BCUT2D eigenvalue weighted by atomic mass is 16.2. The average molecular weight is 277 g/mol. The second-order valence-corrected chi connectivity index (χ2v) is 6.23. The van der Waals surface area contributed by atoms with Crippen LogP contribution in [0.4, 0.5) is 16.3 Å². The lowest BCUT2D eigenvalue weighted by Gasteiger charge is -2.25. The molecule has 0 aromatic carbocycles. The number of nitrogen functional groups attached to an aromatic ring is 1. The number of nitrogens with one attached hydrogen (secondary N) is 2. The average Bonchev–Trinajstić information content (AvgIpc) is 2.79. The summed E-state index contributed by atoms with van der Waals surface area (Å²) < 4.78 is 0. The monoisotopic (exact) mass is 277 g/mol. The van der Waals surface area contributed by atoms with Crippen molar-refractivity contribution in [1.82, 2.24) is 15.2 Å². The van der Waals surface area contributed by atoms with Gasteiger partial charge in [-0.2, -0.15) is 0 Å². The Hall–Kier alpha value is -1.98. The molecule has 1 atom stereocenters. The van der Waals surface area contributed by atoms with Crippen molar-refractivity contribution in [2.24, 2.45) is 0 Å². The molecule has 6 nitrogen and oxygen atoms in total. The maximum Gasteiger partial charge on any atom is 0.317 e. The lowest BCUT2D eigenvalue weighted by atomic mass is 10.1. The Kier molecular flexibility index (Phi) is 4.01. The standard InChI is InChI=1S/C14H23N5O/c1-14(2,3)18-13(20)19-7-6-11(9-19)17-12-5-4-10(15)8-16-12/h4-5,8,11H,6-7,9,15H2,1-3H3,(H,16,17)(H,18,20)/t11-/m0/s1. The summed E-state index contributed by atoms with van der Waals surface area (Å²) in [6, 6.07) is 3.89. The fourth-order valence-electron chi connectivity index (χ4n) is 2.16. The number of carbonyl (C=O) groups is 1. The van der Waals surface area contributed by atoms with E-state index in [1.807, 2.05) is 37.8 Å². The molecule has 2 amide bonds. The summed E-state index contributed by atoms with van der Waals surface area (Å²) >= 11 is 0. The molecule has 1 aromatic heterocycles. The highest BCUT2D eigenvalue weighted by Gasteiger charge is 2.28. The molecule has 20 heavy (non-hydrogen) atoms. The van der Waals surface area contributed by atoms with E-state index in [4.69, 9.17) is 5.73 Å². The molecule has 2 heterocycles. The molecule has 1 aromatic rings. The summed E-state index contributed by atoms with van der Waals surface area (Å²) in [5.74, 6) is 0.794. The van der Waals surface area contributed by atoms with Crippen LogP contribution in [0.15, 0.2) is 18.3 Å². The van der Waals surface area contributed by atoms with Gasteiger partial charge < -0.3 is 21.3 Å². The van der Waals surface area contributed by atoms with Gasteiger partial charge in [-0.15, -0.1) is 0 Å². The van der Waals surface area contributed by atoms with Crippen molar-refractivity contribution in [1.29, 1.82) is 0 Å². The van der Waals surface area contributed by atoms with Crippen LogP contribution in [-0.2, 0) is 0 Å². The predicted octanol–water partition coefficient (Wildman–Crippen LogP) is 1.66. The molecule has 1 aliphatic heterocycles. The number of urea groups is 1. The van der Waals surface area contributed by atoms with Crippen LogP contribution in [0.3, 0.4) is 0 Å². The van der Waals surface area contributed by atoms with Gasteiger partial charge in [0.15, 0.2) is 0 Å². The van der Waals surface area contributed by atoms with Crippen LogP contribution in [-0.4, -0.2) is 40.6 Å². The number of nitrogens with two attached hydrogens (primary N) is 1. The summed E-state index contributed by atoms with van der Waals surface area (Å²) in [5.41, 5.74) is 6.04. The minimum absolute atomic E-state index is 0.00735. The maximum atomic E-state index is 12.1. The van der Waals surface area contributed by atoms with E-state index in [0.717, 1.165) is 18.8 Å². The number of anilines is 2. The van der Waals surface area contributed by atoms with Crippen molar-refractivity contribution < 1.29 is 4.79 Å². The van der Waals surface area contributed by atoms with Crippen LogP contribution >= 0.6 is 0 Å². The van der Waals surface area contributed by atoms with Gasteiger partial charge in [-0.1, -0.05) is 0 Å². The molecule has 2 rings (SSSR count). The Morgan fingerprint density at radius 3 is 2.80 bits per heavy atom. The zero-order valence-electron chi connectivity index (χ0n) is 12.3. The molecular formula is C14H23N5O. The van der Waals surface area contributed by atoms with Crippen molar-refractivity contribution in [3.05, 3.63) is 18.3 Å². The van der Waals surface area contributed by atoms with Gasteiger partial charge in [0.1, 0.15) is 5.82 Å². The van der Waals surface area contributed by atoms with Gasteiger partial charge in [0, 0.05) is 24.7 Å². The number of carbonyl (C=O) groups excluding carboxylic acids is 1. The molecule has 6 heteroatoms. The summed E-state index contributed by atoms with van der Waals surface area (Å²) in [6.45, 7) is 7.39. The lowest BCUT2D eigenvalue weighted by Crippen LogP contribution is -2.48. The molecule has 1 fully saturated rings. The minimum atomic E-state index is -0.207.